The van der Waals surface area contributed by atoms with E-state index < -0.39 is 5.97 Å². The van der Waals surface area contributed by atoms with Gasteiger partial charge in [0.1, 0.15) is 5.84 Å². The summed E-state index contributed by atoms with van der Waals surface area (Å²) in [6.45, 7) is 1.84. The molecule has 4 nitrogen and oxygen atoms in total. The van der Waals surface area contributed by atoms with Crippen LogP contribution in [0.1, 0.15) is 6.92 Å². The van der Waals surface area contributed by atoms with E-state index in [1.54, 1.807) is 18.2 Å². The van der Waals surface area contributed by atoms with Crippen molar-refractivity contribution in [1.82, 2.24) is 0 Å². The minimum atomic E-state index is -1.01. The van der Waals surface area contributed by atoms with Gasteiger partial charge >= 0.3 is 5.97 Å². The number of rotatable bonds is 2. The third kappa shape index (κ3) is 1.84. The Morgan fingerprint density at radius 1 is 1.69 bits per heavy atom. The average Bonchev–Trinajstić information content (AvgIpc) is 2.43. The molecule has 1 rings (SSSR count). The Labute approximate surface area is 75.8 Å². The molecule has 0 bridgehead atoms. The van der Waals surface area contributed by atoms with E-state index in [-0.39, 0.29) is 11.4 Å². The highest BCUT2D eigenvalue weighted by Gasteiger charge is 2.19. The summed E-state index contributed by atoms with van der Waals surface area (Å²) in [5, 5.41) is 8.74. The van der Waals surface area contributed by atoms with Crippen LogP contribution in [-0.2, 0) is 4.79 Å². The van der Waals surface area contributed by atoms with Crippen molar-refractivity contribution in [1.29, 1.82) is 0 Å². The summed E-state index contributed by atoms with van der Waals surface area (Å²) in [4.78, 5) is 14.4. The monoisotopic (exact) mass is 178 g/mol. The van der Waals surface area contributed by atoms with Crippen molar-refractivity contribution < 1.29 is 9.90 Å². The molecule has 4 heteroatoms. The minimum Gasteiger partial charge on any atom is -0.478 e. The number of allylic oxidation sites excluding steroid dienone is 3. The maximum atomic E-state index is 10.7. The third-order valence-corrected chi connectivity index (χ3v) is 1.58. The molecule has 0 saturated carbocycles. The summed E-state index contributed by atoms with van der Waals surface area (Å²) in [5.74, 6) is -0.768. The van der Waals surface area contributed by atoms with Gasteiger partial charge in [-0.2, -0.15) is 0 Å². The topological polar surface area (TPSA) is 75.7 Å². The van der Waals surface area contributed by atoms with Crippen LogP contribution >= 0.6 is 0 Å². The molecule has 1 heterocycles. The molecule has 0 unspecified atom stereocenters. The number of carbonyl (C=O) groups is 1. The molecule has 0 amide bonds. The quantitative estimate of drug-likeness (QED) is 0.657. The van der Waals surface area contributed by atoms with Crippen molar-refractivity contribution in [3.63, 3.8) is 0 Å². The standard InChI is InChI=1S/C9H10N2O2/c1-2-3-4-6-7(9(12)13)5-11-8(6)10/h2-5H,1H3,(H2,10,11)(H,12,13)/b3-2-,6-4-. The first-order chi connectivity index (χ1) is 6.16. The number of aliphatic imine (C=N–C) groups is 1. The van der Waals surface area contributed by atoms with Crippen LogP contribution in [0.25, 0.3) is 0 Å². The summed E-state index contributed by atoms with van der Waals surface area (Å²) >= 11 is 0. The van der Waals surface area contributed by atoms with E-state index in [1.165, 1.54) is 6.20 Å². The molecular formula is C9H10N2O2. The van der Waals surface area contributed by atoms with Crippen LogP contribution in [0.4, 0.5) is 0 Å². The lowest BCUT2D eigenvalue weighted by Crippen LogP contribution is -2.15. The molecule has 0 fully saturated rings. The molecular weight excluding hydrogens is 168 g/mol. The summed E-state index contributed by atoms with van der Waals surface area (Å²) < 4.78 is 0. The Balaban J connectivity index is 3.00. The molecule has 1 aliphatic rings. The van der Waals surface area contributed by atoms with Crippen molar-refractivity contribution in [3.8, 4) is 0 Å². The number of amidine groups is 1. The Bertz CT molecular complexity index is 349. The zero-order valence-electron chi connectivity index (χ0n) is 7.19. The predicted molar refractivity (Wildman–Crippen MR) is 50.2 cm³/mol. The number of hydrogen-bond acceptors (Lipinski definition) is 3. The molecule has 0 spiro atoms. The van der Waals surface area contributed by atoms with E-state index in [4.69, 9.17) is 10.8 Å². The summed E-state index contributed by atoms with van der Waals surface area (Å²) in [5.41, 5.74) is 6.08. The fourth-order valence-electron chi connectivity index (χ4n) is 0.949. The van der Waals surface area contributed by atoms with Crippen LogP contribution in [0.3, 0.4) is 0 Å². The first-order valence-corrected chi connectivity index (χ1v) is 3.77. The average molecular weight is 178 g/mol. The molecule has 0 saturated heterocycles. The van der Waals surface area contributed by atoms with Crippen molar-refractivity contribution in [2.24, 2.45) is 10.7 Å². The second-order valence-electron chi connectivity index (χ2n) is 2.47. The van der Waals surface area contributed by atoms with Crippen LogP contribution in [0.2, 0.25) is 0 Å². The Kier molecular flexibility index (Phi) is 2.64. The van der Waals surface area contributed by atoms with E-state index in [0.29, 0.717) is 5.57 Å². The maximum absolute atomic E-state index is 10.7. The van der Waals surface area contributed by atoms with Crippen molar-refractivity contribution in [3.05, 3.63) is 35.6 Å². The Morgan fingerprint density at radius 2 is 2.38 bits per heavy atom. The molecule has 68 valence electrons. The van der Waals surface area contributed by atoms with Gasteiger partial charge in [0.2, 0.25) is 0 Å². The summed E-state index contributed by atoms with van der Waals surface area (Å²) in [6, 6.07) is 0. The largest absolute Gasteiger partial charge is 0.478 e. The highest BCUT2D eigenvalue weighted by molar-refractivity contribution is 6.13. The van der Waals surface area contributed by atoms with Gasteiger partial charge in [-0.1, -0.05) is 18.2 Å². The number of aliphatic carboxylic acids is 1. The number of carboxylic acids is 1. The van der Waals surface area contributed by atoms with E-state index in [1.807, 2.05) is 6.92 Å². The van der Waals surface area contributed by atoms with Gasteiger partial charge in [0.05, 0.1) is 5.57 Å². The Morgan fingerprint density at radius 3 is 2.92 bits per heavy atom. The van der Waals surface area contributed by atoms with Gasteiger partial charge < -0.3 is 10.8 Å². The fraction of sp³-hybridized carbons (Fsp3) is 0.111. The fourth-order valence-corrected chi connectivity index (χ4v) is 0.949. The number of carboxylic acid groups (broad SMARTS) is 1. The number of nitrogens with zero attached hydrogens (tertiary/aromatic N) is 1. The lowest BCUT2D eigenvalue weighted by atomic mass is 10.1. The minimum absolute atomic E-state index is 0.135. The normalized spacial score (nSPS) is 19.3. The molecule has 0 aliphatic carbocycles. The molecule has 13 heavy (non-hydrogen) atoms. The lowest BCUT2D eigenvalue weighted by molar-refractivity contribution is -0.132. The second kappa shape index (κ2) is 3.71. The zero-order valence-corrected chi connectivity index (χ0v) is 7.19. The van der Waals surface area contributed by atoms with Gasteiger partial charge in [-0.25, -0.2) is 9.79 Å². The van der Waals surface area contributed by atoms with E-state index >= 15 is 0 Å². The first-order valence-electron chi connectivity index (χ1n) is 3.77. The number of hydrogen-bond donors (Lipinski definition) is 2. The van der Waals surface area contributed by atoms with E-state index in [2.05, 4.69) is 4.99 Å². The van der Waals surface area contributed by atoms with Crippen LogP contribution in [0, 0.1) is 0 Å². The van der Waals surface area contributed by atoms with Gasteiger partial charge in [0, 0.05) is 11.8 Å². The van der Waals surface area contributed by atoms with Gasteiger partial charge in [0.25, 0.3) is 0 Å². The lowest BCUT2D eigenvalue weighted by Gasteiger charge is -1.98. The number of nitrogens with two attached hydrogens (primary N) is 1. The molecule has 0 aromatic rings. The van der Waals surface area contributed by atoms with Gasteiger partial charge in [-0.3, -0.25) is 0 Å². The first kappa shape index (κ1) is 9.25. The molecule has 0 aromatic carbocycles. The Hall–Kier alpha value is -1.84. The molecule has 0 aromatic heterocycles. The van der Waals surface area contributed by atoms with Crippen LogP contribution in [0.5, 0.6) is 0 Å². The van der Waals surface area contributed by atoms with E-state index in [9.17, 15) is 4.79 Å². The molecule has 0 atom stereocenters. The summed E-state index contributed by atoms with van der Waals surface area (Å²) in [7, 11) is 0. The maximum Gasteiger partial charge on any atom is 0.338 e. The third-order valence-electron chi connectivity index (χ3n) is 1.58. The van der Waals surface area contributed by atoms with Crippen LogP contribution in [-0.4, -0.2) is 16.9 Å². The zero-order chi connectivity index (χ0) is 9.84. The highest BCUT2D eigenvalue weighted by atomic mass is 16.4. The van der Waals surface area contributed by atoms with Crippen molar-refractivity contribution in [2.75, 3.05) is 0 Å². The second-order valence-corrected chi connectivity index (χ2v) is 2.47. The van der Waals surface area contributed by atoms with Gasteiger partial charge in [-0.15, -0.1) is 0 Å². The summed E-state index contributed by atoms with van der Waals surface area (Å²) in [6.07, 6.45) is 6.40. The SMILES string of the molecule is C/C=C\C=C1\C(C(=O)O)=CN=C1N. The van der Waals surface area contributed by atoms with Crippen molar-refractivity contribution >= 4 is 11.8 Å². The molecule has 0 radical (unpaired) electrons. The smallest absolute Gasteiger partial charge is 0.338 e. The van der Waals surface area contributed by atoms with Crippen LogP contribution < -0.4 is 5.73 Å². The molecule has 1 aliphatic heterocycles. The highest BCUT2D eigenvalue weighted by Crippen LogP contribution is 2.16. The van der Waals surface area contributed by atoms with Crippen molar-refractivity contribution in [2.45, 2.75) is 6.92 Å². The molecule has 3 N–H and O–H groups in total. The van der Waals surface area contributed by atoms with Gasteiger partial charge in [0.15, 0.2) is 0 Å². The van der Waals surface area contributed by atoms with E-state index in [0.717, 1.165) is 0 Å². The van der Waals surface area contributed by atoms with Crippen LogP contribution in [0.15, 0.2) is 40.6 Å². The predicted octanol–water partition coefficient (Wildman–Crippen LogP) is 0.828. The van der Waals surface area contributed by atoms with Gasteiger partial charge in [-0.05, 0) is 6.92 Å².